The summed E-state index contributed by atoms with van der Waals surface area (Å²) in [6, 6.07) is 17.8. The van der Waals surface area contributed by atoms with Crippen LogP contribution in [0, 0.1) is 10.1 Å². The number of nitrogens with one attached hydrogen (secondary N) is 2. The van der Waals surface area contributed by atoms with Crippen molar-refractivity contribution < 1.29 is 24.0 Å². The molecule has 0 saturated carbocycles. The Labute approximate surface area is 194 Å². The van der Waals surface area contributed by atoms with E-state index >= 15 is 0 Å². The van der Waals surface area contributed by atoms with E-state index in [1.54, 1.807) is 42.5 Å². The number of ether oxygens (including phenoxy) is 2. The van der Waals surface area contributed by atoms with E-state index in [2.05, 4.69) is 10.6 Å². The predicted octanol–water partition coefficient (Wildman–Crippen LogP) is 4.60. The van der Waals surface area contributed by atoms with Crippen LogP contribution >= 0.6 is 11.8 Å². The van der Waals surface area contributed by atoms with E-state index in [-0.39, 0.29) is 23.3 Å². The van der Waals surface area contributed by atoms with Gasteiger partial charge in [-0.05, 0) is 48.5 Å². The van der Waals surface area contributed by atoms with E-state index in [1.165, 1.54) is 50.2 Å². The minimum atomic E-state index is -0.500. The Balaban J connectivity index is 1.56. The number of amides is 2. The van der Waals surface area contributed by atoms with Crippen molar-refractivity contribution in [3.63, 3.8) is 0 Å². The molecule has 3 aromatic carbocycles. The Morgan fingerprint density at radius 2 is 1.42 bits per heavy atom. The minimum Gasteiger partial charge on any atom is -0.496 e. The van der Waals surface area contributed by atoms with Crippen molar-refractivity contribution in [3.05, 3.63) is 82.4 Å². The third-order valence-electron chi connectivity index (χ3n) is 4.50. The molecule has 2 amide bonds. The first kappa shape index (κ1) is 23.6. The molecule has 3 aromatic rings. The summed E-state index contributed by atoms with van der Waals surface area (Å²) in [5, 5.41) is 16.2. The molecule has 2 N–H and O–H groups in total. The molecule has 0 radical (unpaired) electrons. The maximum absolute atomic E-state index is 12.7. The molecule has 0 aliphatic carbocycles. The fourth-order valence-corrected chi connectivity index (χ4v) is 3.61. The van der Waals surface area contributed by atoms with Crippen LogP contribution < -0.4 is 20.1 Å². The predicted molar refractivity (Wildman–Crippen MR) is 126 cm³/mol. The molecular weight excluding hydrogens is 446 g/mol. The summed E-state index contributed by atoms with van der Waals surface area (Å²) >= 11 is 1.32. The topological polar surface area (TPSA) is 120 Å². The van der Waals surface area contributed by atoms with Crippen LogP contribution in [0.3, 0.4) is 0 Å². The molecule has 3 rings (SSSR count). The molecule has 0 atom stereocenters. The van der Waals surface area contributed by atoms with Crippen molar-refractivity contribution in [1.82, 2.24) is 0 Å². The molecule has 0 unspecified atom stereocenters. The molecule has 0 bridgehead atoms. The SMILES string of the molecule is COc1cccc(OC)c1C(=O)Nc1ccc(SCC(=O)Nc2ccc([N+](=O)[O-])cc2)cc1. The summed E-state index contributed by atoms with van der Waals surface area (Å²) in [5.74, 6) is 0.346. The molecule has 9 nitrogen and oxygen atoms in total. The number of methoxy groups -OCH3 is 2. The zero-order valence-electron chi connectivity index (χ0n) is 17.9. The van der Waals surface area contributed by atoms with Gasteiger partial charge in [0.15, 0.2) is 0 Å². The molecule has 170 valence electrons. The summed E-state index contributed by atoms with van der Waals surface area (Å²) in [4.78, 5) is 35.9. The van der Waals surface area contributed by atoms with Gasteiger partial charge in [0.2, 0.25) is 5.91 Å². The smallest absolute Gasteiger partial charge is 0.269 e. The fraction of sp³-hybridized carbons (Fsp3) is 0.130. The lowest BCUT2D eigenvalue weighted by atomic mass is 10.1. The molecule has 0 aliphatic rings. The number of non-ortho nitro benzene ring substituents is 1. The van der Waals surface area contributed by atoms with Crippen molar-refractivity contribution >= 4 is 40.6 Å². The van der Waals surface area contributed by atoms with Crippen molar-refractivity contribution in [3.8, 4) is 11.5 Å². The van der Waals surface area contributed by atoms with E-state index in [9.17, 15) is 19.7 Å². The zero-order chi connectivity index (χ0) is 23.8. The Hall–Kier alpha value is -4.05. The summed E-state index contributed by atoms with van der Waals surface area (Å²) in [6.45, 7) is 0. The average Bonchev–Trinajstić information content (AvgIpc) is 2.83. The number of anilines is 2. The highest BCUT2D eigenvalue weighted by Crippen LogP contribution is 2.29. The molecule has 0 heterocycles. The molecule has 33 heavy (non-hydrogen) atoms. The highest BCUT2D eigenvalue weighted by Gasteiger charge is 2.18. The standard InChI is InChI=1S/C23H21N3O6S/c1-31-19-4-3-5-20(32-2)22(19)23(28)25-16-8-12-18(13-9-16)33-14-21(27)24-15-6-10-17(11-7-15)26(29)30/h3-13H,14H2,1-2H3,(H,24,27)(H,25,28). The van der Waals surface area contributed by atoms with Gasteiger partial charge < -0.3 is 20.1 Å². The first-order valence-corrected chi connectivity index (χ1v) is 10.7. The van der Waals surface area contributed by atoms with Gasteiger partial charge in [0, 0.05) is 28.4 Å². The summed E-state index contributed by atoms with van der Waals surface area (Å²) in [6.07, 6.45) is 0. The largest absolute Gasteiger partial charge is 0.496 e. The molecule has 10 heteroatoms. The number of carbonyl (C=O) groups is 2. The molecule has 0 saturated heterocycles. The number of rotatable bonds is 9. The molecule has 0 spiro atoms. The second-order valence-electron chi connectivity index (χ2n) is 6.66. The maximum Gasteiger partial charge on any atom is 0.269 e. The molecule has 0 aromatic heterocycles. The first-order chi connectivity index (χ1) is 15.9. The molecule has 0 aliphatic heterocycles. The number of thioether (sulfide) groups is 1. The quantitative estimate of drug-likeness (QED) is 0.268. The van der Waals surface area contributed by atoms with E-state index in [0.717, 1.165) is 4.90 Å². The van der Waals surface area contributed by atoms with E-state index in [0.29, 0.717) is 28.4 Å². The van der Waals surface area contributed by atoms with Crippen molar-refractivity contribution in [2.24, 2.45) is 0 Å². The lowest BCUT2D eigenvalue weighted by molar-refractivity contribution is -0.384. The van der Waals surface area contributed by atoms with Crippen LogP contribution in [0.5, 0.6) is 11.5 Å². The number of carbonyl (C=O) groups excluding carboxylic acids is 2. The summed E-state index contributed by atoms with van der Waals surface area (Å²) in [7, 11) is 2.96. The van der Waals surface area contributed by atoms with Crippen LogP contribution in [0.15, 0.2) is 71.6 Å². The number of nitro benzene ring substituents is 1. The number of hydrogen-bond acceptors (Lipinski definition) is 7. The van der Waals surface area contributed by atoms with Gasteiger partial charge >= 0.3 is 0 Å². The summed E-state index contributed by atoms with van der Waals surface area (Å²) in [5.41, 5.74) is 1.31. The fourth-order valence-electron chi connectivity index (χ4n) is 2.92. The van der Waals surface area contributed by atoms with Gasteiger partial charge in [-0.15, -0.1) is 11.8 Å². The number of nitro groups is 1. The van der Waals surface area contributed by atoms with Crippen LogP contribution in [0.25, 0.3) is 0 Å². The van der Waals surface area contributed by atoms with Gasteiger partial charge in [0.05, 0.1) is 24.9 Å². The van der Waals surface area contributed by atoms with Crippen molar-refractivity contribution in [1.29, 1.82) is 0 Å². The van der Waals surface area contributed by atoms with E-state index in [1.807, 2.05) is 0 Å². The molecule has 0 fully saturated rings. The van der Waals surface area contributed by atoms with E-state index < -0.39 is 4.92 Å². The van der Waals surface area contributed by atoms with Crippen molar-refractivity contribution in [2.45, 2.75) is 4.90 Å². The zero-order valence-corrected chi connectivity index (χ0v) is 18.7. The highest BCUT2D eigenvalue weighted by atomic mass is 32.2. The lowest BCUT2D eigenvalue weighted by Crippen LogP contribution is -2.14. The van der Waals surface area contributed by atoms with Crippen LogP contribution in [-0.2, 0) is 4.79 Å². The normalized spacial score (nSPS) is 10.2. The second kappa shape index (κ2) is 11.0. The second-order valence-corrected chi connectivity index (χ2v) is 7.71. The van der Waals surface area contributed by atoms with Gasteiger partial charge in [-0.25, -0.2) is 0 Å². The average molecular weight is 468 g/mol. The van der Waals surface area contributed by atoms with Crippen molar-refractivity contribution in [2.75, 3.05) is 30.6 Å². The highest BCUT2D eigenvalue weighted by molar-refractivity contribution is 8.00. The monoisotopic (exact) mass is 467 g/mol. The first-order valence-electron chi connectivity index (χ1n) is 9.70. The number of hydrogen-bond donors (Lipinski definition) is 2. The Morgan fingerprint density at radius 3 is 1.97 bits per heavy atom. The Bertz CT molecular complexity index is 1130. The van der Waals surface area contributed by atoms with Gasteiger partial charge in [0.25, 0.3) is 11.6 Å². The minimum absolute atomic E-state index is 0.0429. The van der Waals surface area contributed by atoms with Crippen LogP contribution in [-0.4, -0.2) is 36.7 Å². The Morgan fingerprint density at radius 1 is 0.879 bits per heavy atom. The van der Waals surface area contributed by atoms with Crippen LogP contribution in [0.2, 0.25) is 0 Å². The van der Waals surface area contributed by atoms with Gasteiger partial charge in [0.1, 0.15) is 17.1 Å². The van der Waals surface area contributed by atoms with Crippen LogP contribution in [0.4, 0.5) is 17.1 Å². The number of nitrogens with zero attached hydrogens (tertiary/aromatic N) is 1. The third kappa shape index (κ3) is 6.23. The lowest BCUT2D eigenvalue weighted by Gasteiger charge is -2.13. The van der Waals surface area contributed by atoms with Crippen LogP contribution in [0.1, 0.15) is 10.4 Å². The summed E-state index contributed by atoms with van der Waals surface area (Å²) < 4.78 is 10.5. The van der Waals surface area contributed by atoms with E-state index in [4.69, 9.17) is 9.47 Å². The maximum atomic E-state index is 12.7. The Kier molecular flexibility index (Phi) is 7.87. The molecular formula is C23H21N3O6S. The number of benzene rings is 3. The van der Waals surface area contributed by atoms with Gasteiger partial charge in [-0.2, -0.15) is 0 Å². The third-order valence-corrected chi connectivity index (χ3v) is 5.51. The van der Waals surface area contributed by atoms with Gasteiger partial charge in [-0.3, -0.25) is 19.7 Å². The van der Waals surface area contributed by atoms with Gasteiger partial charge in [-0.1, -0.05) is 6.07 Å².